The molecule has 2 amide bonds. The number of hydrogen-bond donors (Lipinski definition) is 3. The summed E-state index contributed by atoms with van der Waals surface area (Å²) in [4.78, 5) is 24.1. The first-order valence-corrected chi connectivity index (χ1v) is 9.42. The zero-order chi connectivity index (χ0) is 21.3. The molecular weight excluding hydrogens is 381 g/mol. The minimum absolute atomic E-state index is 0.0956. The Morgan fingerprint density at radius 2 is 1.40 bits per heavy atom. The summed E-state index contributed by atoms with van der Waals surface area (Å²) in [6.45, 7) is 3.70. The van der Waals surface area contributed by atoms with E-state index in [1.807, 2.05) is 54.6 Å². The number of carbonyl (C=O) groups excluding carboxylic acids is 2. The van der Waals surface area contributed by atoms with E-state index in [2.05, 4.69) is 22.7 Å². The zero-order valence-corrected chi connectivity index (χ0v) is 16.3. The van der Waals surface area contributed by atoms with E-state index in [0.29, 0.717) is 0 Å². The number of hydrogen-bond acceptors (Lipinski definition) is 3. The van der Waals surface area contributed by atoms with Crippen LogP contribution in [0.15, 0.2) is 91.1 Å². The van der Waals surface area contributed by atoms with Gasteiger partial charge < -0.3 is 10.7 Å². The maximum Gasteiger partial charge on any atom is 0.242 e. The highest BCUT2D eigenvalue weighted by Gasteiger charge is 2.09. The second-order valence-corrected chi connectivity index (χ2v) is 6.72. The Labute approximate surface area is 174 Å². The number of halogens is 1. The molecule has 0 spiro atoms. The highest BCUT2D eigenvalue weighted by atomic mass is 19.1. The maximum atomic E-state index is 13.6. The lowest BCUT2D eigenvalue weighted by molar-refractivity contribution is -0.121. The van der Waals surface area contributed by atoms with Crippen molar-refractivity contribution in [1.29, 1.82) is 0 Å². The summed E-state index contributed by atoms with van der Waals surface area (Å²) >= 11 is 0. The summed E-state index contributed by atoms with van der Waals surface area (Å²) in [5, 5.41) is 2.46. The number of para-hydroxylation sites is 1. The van der Waals surface area contributed by atoms with Crippen LogP contribution >= 0.6 is 0 Å². The minimum atomic E-state index is -0.518. The van der Waals surface area contributed by atoms with Crippen molar-refractivity contribution in [2.45, 2.75) is 12.8 Å². The molecule has 0 aliphatic rings. The smallest absolute Gasteiger partial charge is 0.242 e. The summed E-state index contributed by atoms with van der Waals surface area (Å²) in [7, 11) is 0. The molecule has 3 N–H and O–H groups in total. The van der Waals surface area contributed by atoms with Gasteiger partial charge in [0, 0.05) is 5.70 Å². The van der Waals surface area contributed by atoms with Crippen LogP contribution in [-0.4, -0.2) is 11.8 Å². The van der Waals surface area contributed by atoms with Crippen molar-refractivity contribution in [3.63, 3.8) is 0 Å². The molecule has 0 fully saturated rings. The van der Waals surface area contributed by atoms with Crippen molar-refractivity contribution in [2.24, 2.45) is 0 Å². The minimum Gasteiger partial charge on any atom is -0.323 e. The lowest BCUT2D eigenvalue weighted by Crippen LogP contribution is -2.38. The summed E-state index contributed by atoms with van der Waals surface area (Å²) < 4.78 is 13.6. The number of carbonyl (C=O) groups is 2. The number of benzene rings is 3. The summed E-state index contributed by atoms with van der Waals surface area (Å²) in [5.41, 5.74) is 8.57. The van der Waals surface area contributed by atoms with Crippen molar-refractivity contribution < 1.29 is 14.0 Å². The molecule has 3 rings (SSSR count). The van der Waals surface area contributed by atoms with E-state index in [9.17, 15) is 14.0 Å². The van der Waals surface area contributed by atoms with Crippen LogP contribution in [0.25, 0.3) is 11.1 Å². The van der Waals surface area contributed by atoms with Crippen LogP contribution in [0.3, 0.4) is 0 Å². The molecule has 0 atom stereocenters. The van der Waals surface area contributed by atoms with Gasteiger partial charge in [-0.05, 0) is 28.8 Å². The molecule has 0 radical (unpaired) electrons. The number of anilines is 1. The maximum absolute atomic E-state index is 13.6. The van der Waals surface area contributed by atoms with Crippen LogP contribution in [0.1, 0.15) is 12.0 Å². The topological polar surface area (TPSA) is 70.2 Å². The van der Waals surface area contributed by atoms with Crippen LogP contribution in [-0.2, 0) is 16.0 Å². The van der Waals surface area contributed by atoms with Crippen LogP contribution in [0, 0.1) is 5.82 Å². The van der Waals surface area contributed by atoms with E-state index in [4.69, 9.17) is 0 Å². The van der Waals surface area contributed by atoms with Crippen molar-refractivity contribution in [2.75, 3.05) is 5.32 Å². The zero-order valence-electron chi connectivity index (χ0n) is 16.3. The molecule has 0 unspecified atom stereocenters. The van der Waals surface area contributed by atoms with E-state index >= 15 is 0 Å². The predicted octanol–water partition coefficient (Wildman–Crippen LogP) is 4.20. The first-order chi connectivity index (χ1) is 14.5. The Hall–Kier alpha value is -3.93. The molecule has 0 aliphatic carbocycles. The van der Waals surface area contributed by atoms with E-state index < -0.39 is 11.7 Å². The lowest BCUT2D eigenvalue weighted by Gasteiger charge is -2.12. The van der Waals surface area contributed by atoms with Gasteiger partial charge in [0.1, 0.15) is 5.82 Å². The molecule has 0 aliphatic heterocycles. The van der Waals surface area contributed by atoms with Crippen LogP contribution in [0.2, 0.25) is 0 Å². The van der Waals surface area contributed by atoms with Gasteiger partial charge in [-0.15, -0.1) is 0 Å². The molecule has 5 nitrogen and oxygen atoms in total. The first-order valence-electron chi connectivity index (χ1n) is 9.42. The fourth-order valence-electron chi connectivity index (χ4n) is 2.83. The predicted molar refractivity (Wildman–Crippen MR) is 116 cm³/mol. The van der Waals surface area contributed by atoms with Crippen LogP contribution in [0.5, 0.6) is 0 Å². The van der Waals surface area contributed by atoms with Gasteiger partial charge in [0.05, 0.1) is 18.5 Å². The molecule has 6 heteroatoms. The third-order valence-corrected chi connectivity index (χ3v) is 4.33. The molecule has 0 aromatic heterocycles. The number of rotatable bonds is 8. The van der Waals surface area contributed by atoms with Gasteiger partial charge in [-0.25, -0.2) is 4.39 Å². The summed E-state index contributed by atoms with van der Waals surface area (Å²) in [6.07, 6.45) is 0.0666. The molecule has 0 heterocycles. The molecule has 0 saturated carbocycles. The van der Waals surface area contributed by atoms with Crippen molar-refractivity contribution in [1.82, 2.24) is 10.9 Å². The monoisotopic (exact) mass is 403 g/mol. The van der Waals surface area contributed by atoms with Crippen molar-refractivity contribution in [3.05, 3.63) is 103 Å². The SMILES string of the molecule is C=C(CC(=O)Nc1ccccc1F)NNC(=O)Cc1ccc(-c2ccccc2)cc1. The van der Waals surface area contributed by atoms with Crippen LogP contribution < -0.4 is 16.2 Å². The second kappa shape index (κ2) is 10.0. The highest BCUT2D eigenvalue weighted by Crippen LogP contribution is 2.19. The van der Waals surface area contributed by atoms with Crippen molar-refractivity contribution >= 4 is 17.5 Å². The average Bonchev–Trinajstić information content (AvgIpc) is 2.75. The fourth-order valence-corrected chi connectivity index (χ4v) is 2.83. The molecular formula is C24H22FN3O2. The van der Waals surface area contributed by atoms with E-state index in [1.165, 1.54) is 18.2 Å². The highest BCUT2D eigenvalue weighted by molar-refractivity contribution is 5.92. The van der Waals surface area contributed by atoms with Crippen LogP contribution in [0.4, 0.5) is 10.1 Å². The molecule has 152 valence electrons. The summed E-state index contributed by atoms with van der Waals surface area (Å²) in [5.74, 6) is -1.22. The van der Waals surface area contributed by atoms with E-state index in [0.717, 1.165) is 16.7 Å². The number of amides is 2. The Balaban J connectivity index is 1.43. The number of hydrazine groups is 1. The van der Waals surface area contributed by atoms with Gasteiger partial charge in [-0.1, -0.05) is 73.3 Å². The molecule has 30 heavy (non-hydrogen) atoms. The van der Waals surface area contributed by atoms with Gasteiger partial charge in [0.2, 0.25) is 11.8 Å². The molecule has 3 aromatic rings. The van der Waals surface area contributed by atoms with Gasteiger partial charge in [-0.3, -0.25) is 15.0 Å². The molecule has 0 saturated heterocycles. The Bertz CT molecular complexity index is 1030. The fraction of sp³-hybridized carbons (Fsp3) is 0.0833. The Kier molecular flexibility index (Phi) is 6.95. The van der Waals surface area contributed by atoms with Gasteiger partial charge in [-0.2, -0.15) is 0 Å². The van der Waals surface area contributed by atoms with Gasteiger partial charge in [0.25, 0.3) is 0 Å². The average molecular weight is 403 g/mol. The van der Waals surface area contributed by atoms with E-state index in [-0.39, 0.29) is 30.1 Å². The summed E-state index contributed by atoms with van der Waals surface area (Å²) in [6, 6.07) is 23.6. The Morgan fingerprint density at radius 1 is 0.767 bits per heavy atom. The van der Waals surface area contributed by atoms with Crippen molar-refractivity contribution in [3.8, 4) is 11.1 Å². The quantitative estimate of drug-likeness (QED) is 0.494. The second-order valence-electron chi connectivity index (χ2n) is 6.72. The third-order valence-electron chi connectivity index (χ3n) is 4.33. The normalized spacial score (nSPS) is 10.2. The lowest BCUT2D eigenvalue weighted by atomic mass is 10.0. The third kappa shape index (κ3) is 6.04. The van der Waals surface area contributed by atoms with Gasteiger partial charge in [0.15, 0.2) is 0 Å². The van der Waals surface area contributed by atoms with Gasteiger partial charge >= 0.3 is 0 Å². The standard InChI is InChI=1S/C24H22FN3O2/c1-17(15-23(29)26-22-10-6-5-9-21(22)25)27-28-24(30)16-18-11-13-20(14-12-18)19-7-3-2-4-8-19/h2-14,27H,1,15-16H2,(H,26,29)(H,28,30). The van der Waals surface area contributed by atoms with E-state index in [1.54, 1.807) is 6.07 Å². The number of nitrogens with one attached hydrogen (secondary N) is 3. The first kappa shape index (κ1) is 20.8. The molecule has 3 aromatic carbocycles. The molecule has 0 bridgehead atoms. The Morgan fingerprint density at radius 3 is 2.10 bits per heavy atom. The largest absolute Gasteiger partial charge is 0.323 e.